The summed E-state index contributed by atoms with van der Waals surface area (Å²) < 4.78 is 31.4. The van der Waals surface area contributed by atoms with E-state index in [4.69, 9.17) is 5.73 Å². The summed E-state index contributed by atoms with van der Waals surface area (Å²) in [5, 5.41) is 0. The fourth-order valence-electron chi connectivity index (χ4n) is 1.99. The summed E-state index contributed by atoms with van der Waals surface area (Å²) >= 11 is 0. The molecule has 0 bridgehead atoms. The van der Waals surface area contributed by atoms with E-state index >= 15 is 0 Å². The number of anilines is 1. The second-order valence-electron chi connectivity index (χ2n) is 5.10. The highest BCUT2D eigenvalue weighted by Crippen LogP contribution is 2.24. The van der Waals surface area contributed by atoms with Gasteiger partial charge in [-0.25, -0.2) is 13.2 Å². The van der Waals surface area contributed by atoms with Crippen molar-refractivity contribution in [2.24, 2.45) is 5.92 Å². The van der Waals surface area contributed by atoms with Gasteiger partial charge in [-0.05, 0) is 24.1 Å². The van der Waals surface area contributed by atoms with Crippen molar-refractivity contribution in [2.45, 2.75) is 25.7 Å². The number of rotatable bonds is 6. The third-order valence-electron chi connectivity index (χ3n) is 2.95. The zero-order valence-electron chi connectivity index (χ0n) is 12.8. The van der Waals surface area contributed by atoms with Crippen molar-refractivity contribution in [3.8, 4) is 0 Å². The molecule has 0 heterocycles. The minimum Gasteiger partial charge on any atom is -0.465 e. The fourth-order valence-corrected chi connectivity index (χ4v) is 3.76. The lowest BCUT2D eigenvalue weighted by Gasteiger charge is -2.23. The molecule has 0 spiro atoms. The maximum absolute atomic E-state index is 12.7. The number of esters is 1. The van der Waals surface area contributed by atoms with Crippen molar-refractivity contribution in [2.75, 3.05) is 25.9 Å². The summed E-state index contributed by atoms with van der Waals surface area (Å²) in [4.78, 5) is 11.7. The van der Waals surface area contributed by atoms with Crippen LogP contribution < -0.4 is 5.73 Å². The molecule has 2 N–H and O–H groups in total. The summed E-state index contributed by atoms with van der Waals surface area (Å²) in [5.41, 5.74) is 5.90. The monoisotopic (exact) mass is 314 g/mol. The van der Waals surface area contributed by atoms with E-state index in [1.807, 2.05) is 13.8 Å². The van der Waals surface area contributed by atoms with Crippen molar-refractivity contribution < 1.29 is 17.9 Å². The molecule has 118 valence electrons. The molecule has 1 aromatic carbocycles. The van der Waals surface area contributed by atoms with Crippen LogP contribution in [0.1, 0.15) is 31.1 Å². The molecule has 1 aromatic rings. The van der Waals surface area contributed by atoms with Gasteiger partial charge in [-0.15, -0.1) is 0 Å². The maximum Gasteiger partial charge on any atom is 0.339 e. The molecule has 1 rings (SSSR count). The van der Waals surface area contributed by atoms with Gasteiger partial charge in [0, 0.05) is 18.8 Å². The Morgan fingerprint density at radius 3 is 2.48 bits per heavy atom. The van der Waals surface area contributed by atoms with Gasteiger partial charge in [0.15, 0.2) is 0 Å². The van der Waals surface area contributed by atoms with Crippen LogP contribution in [0.25, 0.3) is 0 Å². The Morgan fingerprint density at radius 1 is 1.38 bits per heavy atom. The average molecular weight is 314 g/mol. The van der Waals surface area contributed by atoms with E-state index in [0.29, 0.717) is 18.8 Å². The molecule has 0 unspecified atom stereocenters. The summed E-state index contributed by atoms with van der Waals surface area (Å²) in [6.45, 7) is 6.33. The van der Waals surface area contributed by atoms with Crippen LogP contribution in [0.2, 0.25) is 0 Å². The van der Waals surface area contributed by atoms with Crippen molar-refractivity contribution in [3.05, 3.63) is 23.8 Å². The molecule has 0 aromatic heterocycles. The summed E-state index contributed by atoms with van der Waals surface area (Å²) in [6, 6.07) is 4.13. The van der Waals surface area contributed by atoms with Gasteiger partial charge in [-0.3, -0.25) is 0 Å². The SMILES string of the molecule is CCN(CC(C)C)S(=O)(=O)c1ccc(N)cc1C(=O)OC. The van der Waals surface area contributed by atoms with Crippen molar-refractivity contribution in [1.29, 1.82) is 0 Å². The number of nitrogen functional groups attached to an aromatic ring is 1. The van der Waals surface area contributed by atoms with E-state index < -0.39 is 16.0 Å². The summed E-state index contributed by atoms with van der Waals surface area (Å²) in [5.74, 6) is -0.545. The van der Waals surface area contributed by atoms with E-state index in [9.17, 15) is 13.2 Å². The standard InChI is InChI=1S/C14H22N2O4S/c1-5-16(9-10(2)3)21(18,19)13-7-6-11(15)8-12(13)14(17)20-4/h6-8,10H,5,9,15H2,1-4H3. The highest BCUT2D eigenvalue weighted by atomic mass is 32.2. The van der Waals surface area contributed by atoms with Gasteiger partial charge in [-0.2, -0.15) is 4.31 Å². The first-order chi connectivity index (χ1) is 9.73. The van der Waals surface area contributed by atoms with Crippen LogP contribution in [-0.2, 0) is 14.8 Å². The Bertz CT molecular complexity index is 611. The molecule has 21 heavy (non-hydrogen) atoms. The van der Waals surface area contributed by atoms with Crippen LogP contribution in [0, 0.1) is 5.92 Å². The number of carbonyl (C=O) groups excluding carboxylic acids is 1. The molecule has 7 heteroatoms. The lowest BCUT2D eigenvalue weighted by Crippen LogP contribution is -2.35. The van der Waals surface area contributed by atoms with Crippen molar-refractivity contribution >= 4 is 21.7 Å². The van der Waals surface area contributed by atoms with Crippen LogP contribution in [0.15, 0.2) is 23.1 Å². The highest BCUT2D eigenvalue weighted by molar-refractivity contribution is 7.89. The molecule has 0 aliphatic carbocycles. The van der Waals surface area contributed by atoms with Gasteiger partial charge < -0.3 is 10.5 Å². The Hall–Kier alpha value is -1.60. The second kappa shape index (κ2) is 6.91. The van der Waals surface area contributed by atoms with Gasteiger partial charge in [0.05, 0.1) is 17.6 Å². The number of sulfonamides is 1. The number of hydrogen-bond donors (Lipinski definition) is 1. The molecule has 0 aliphatic rings. The van der Waals surface area contributed by atoms with E-state index in [0.717, 1.165) is 0 Å². The molecular formula is C14H22N2O4S. The number of nitrogens with two attached hydrogens (primary N) is 1. The first-order valence-corrected chi connectivity index (χ1v) is 8.16. The van der Waals surface area contributed by atoms with Crippen molar-refractivity contribution in [3.63, 3.8) is 0 Å². The molecule has 0 saturated heterocycles. The largest absolute Gasteiger partial charge is 0.465 e. The number of benzene rings is 1. The second-order valence-corrected chi connectivity index (χ2v) is 7.00. The number of nitrogens with zero attached hydrogens (tertiary/aromatic N) is 1. The smallest absolute Gasteiger partial charge is 0.339 e. The summed E-state index contributed by atoms with van der Waals surface area (Å²) in [6.07, 6.45) is 0. The van der Waals surface area contributed by atoms with Gasteiger partial charge in [0.1, 0.15) is 0 Å². The molecular weight excluding hydrogens is 292 g/mol. The molecule has 6 nitrogen and oxygen atoms in total. The minimum absolute atomic E-state index is 0.0419. The van der Waals surface area contributed by atoms with E-state index in [1.54, 1.807) is 6.92 Å². The Morgan fingerprint density at radius 2 is 2.00 bits per heavy atom. The van der Waals surface area contributed by atoms with Gasteiger partial charge in [0.2, 0.25) is 10.0 Å². The fraction of sp³-hybridized carbons (Fsp3) is 0.500. The first-order valence-electron chi connectivity index (χ1n) is 6.72. The van der Waals surface area contributed by atoms with Crippen molar-refractivity contribution in [1.82, 2.24) is 4.31 Å². The topological polar surface area (TPSA) is 89.7 Å². The zero-order valence-corrected chi connectivity index (χ0v) is 13.6. The third kappa shape index (κ3) is 3.95. The maximum atomic E-state index is 12.7. The molecule has 0 saturated carbocycles. The molecule has 0 aliphatic heterocycles. The normalized spacial score (nSPS) is 11.9. The van der Waals surface area contributed by atoms with E-state index in [1.165, 1.54) is 29.6 Å². The van der Waals surface area contributed by atoms with E-state index in [2.05, 4.69) is 4.74 Å². The zero-order chi connectivity index (χ0) is 16.2. The molecule has 0 amide bonds. The quantitative estimate of drug-likeness (QED) is 0.638. The Kier molecular flexibility index (Phi) is 5.74. The molecule has 0 atom stereocenters. The number of ether oxygens (including phenoxy) is 1. The van der Waals surface area contributed by atoms with Gasteiger partial charge in [-0.1, -0.05) is 20.8 Å². The van der Waals surface area contributed by atoms with E-state index in [-0.39, 0.29) is 16.4 Å². The number of methoxy groups -OCH3 is 1. The lowest BCUT2D eigenvalue weighted by atomic mass is 10.2. The van der Waals surface area contributed by atoms with Gasteiger partial charge in [0.25, 0.3) is 0 Å². The highest BCUT2D eigenvalue weighted by Gasteiger charge is 2.29. The van der Waals surface area contributed by atoms with Crippen LogP contribution >= 0.6 is 0 Å². The number of hydrogen-bond acceptors (Lipinski definition) is 5. The molecule has 0 radical (unpaired) electrons. The number of carbonyl (C=O) groups is 1. The molecule has 0 fully saturated rings. The minimum atomic E-state index is -3.77. The average Bonchev–Trinajstić information content (AvgIpc) is 2.42. The third-order valence-corrected chi connectivity index (χ3v) is 4.95. The Balaban J connectivity index is 3.40. The van der Waals surface area contributed by atoms with Crippen LogP contribution in [0.4, 0.5) is 5.69 Å². The van der Waals surface area contributed by atoms with Gasteiger partial charge >= 0.3 is 5.97 Å². The Labute approximate surface area is 125 Å². The summed E-state index contributed by atoms with van der Waals surface area (Å²) in [7, 11) is -2.57. The predicted molar refractivity (Wildman–Crippen MR) is 81.5 cm³/mol. The predicted octanol–water partition coefficient (Wildman–Crippen LogP) is 1.72. The first kappa shape index (κ1) is 17.5. The van der Waals surface area contributed by atoms with Crippen LogP contribution in [0.5, 0.6) is 0 Å². The lowest BCUT2D eigenvalue weighted by molar-refractivity contribution is 0.0596. The van der Waals surface area contributed by atoms with Crippen LogP contribution in [0.3, 0.4) is 0 Å². The van der Waals surface area contributed by atoms with Crippen LogP contribution in [-0.4, -0.2) is 38.9 Å².